The van der Waals surface area contributed by atoms with Gasteiger partial charge in [-0.3, -0.25) is 4.79 Å². The number of aromatic hydroxyl groups is 2. The molecule has 30 heavy (non-hydrogen) atoms. The van der Waals surface area contributed by atoms with Crippen molar-refractivity contribution in [3.05, 3.63) is 90.1 Å². The number of carbonyl (C=O) groups is 1. The van der Waals surface area contributed by atoms with Crippen molar-refractivity contribution in [3.8, 4) is 28.4 Å². The van der Waals surface area contributed by atoms with Gasteiger partial charge in [-0.05, 0) is 24.3 Å². The van der Waals surface area contributed by atoms with Crippen molar-refractivity contribution >= 4 is 12.1 Å². The average Bonchev–Trinajstić information content (AvgIpc) is 3.26. The lowest BCUT2D eigenvalue weighted by Crippen LogP contribution is -2.17. The maximum Gasteiger partial charge on any atom is 0.275 e. The molecule has 1 heterocycles. The molecule has 0 aliphatic rings. The van der Waals surface area contributed by atoms with Crippen molar-refractivity contribution in [1.82, 2.24) is 20.4 Å². The highest BCUT2D eigenvalue weighted by atomic mass is 16.3. The molecule has 0 spiro atoms. The Morgan fingerprint density at radius 2 is 1.73 bits per heavy atom. The van der Waals surface area contributed by atoms with E-state index >= 15 is 0 Å². The minimum Gasteiger partial charge on any atom is -0.507 e. The SMILES string of the molecule is O=C(NN=Cc1ccccc1O)c1ccc(-n2cc(-c3ccccc3)nn2)cc1O. The van der Waals surface area contributed by atoms with Crippen LogP contribution in [0.1, 0.15) is 15.9 Å². The van der Waals surface area contributed by atoms with Crippen LogP contribution in [0.2, 0.25) is 0 Å². The van der Waals surface area contributed by atoms with Crippen molar-refractivity contribution in [2.45, 2.75) is 0 Å². The molecule has 0 radical (unpaired) electrons. The second-order valence-corrected chi connectivity index (χ2v) is 6.37. The van der Waals surface area contributed by atoms with E-state index in [2.05, 4.69) is 20.8 Å². The molecular formula is C22H17N5O3. The molecule has 0 atom stereocenters. The van der Waals surface area contributed by atoms with Gasteiger partial charge in [-0.15, -0.1) is 5.10 Å². The highest BCUT2D eigenvalue weighted by molar-refractivity contribution is 5.97. The van der Waals surface area contributed by atoms with Crippen LogP contribution in [0.5, 0.6) is 11.5 Å². The molecular weight excluding hydrogens is 382 g/mol. The molecule has 4 aromatic rings. The monoisotopic (exact) mass is 399 g/mol. The van der Waals surface area contributed by atoms with Crippen LogP contribution in [0.3, 0.4) is 0 Å². The van der Waals surface area contributed by atoms with E-state index in [1.165, 1.54) is 29.1 Å². The van der Waals surface area contributed by atoms with E-state index in [1.54, 1.807) is 30.5 Å². The predicted octanol–water partition coefficient (Wildman–Crippen LogP) is 3.11. The Kier molecular flexibility index (Phi) is 5.21. The van der Waals surface area contributed by atoms with Crippen molar-refractivity contribution < 1.29 is 15.0 Å². The van der Waals surface area contributed by atoms with Crippen LogP contribution in [0.25, 0.3) is 16.9 Å². The second kappa shape index (κ2) is 8.27. The maximum absolute atomic E-state index is 12.3. The summed E-state index contributed by atoms with van der Waals surface area (Å²) in [5.41, 5.74) is 5.00. The van der Waals surface area contributed by atoms with Crippen LogP contribution >= 0.6 is 0 Å². The van der Waals surface area contributed by atoms with Gasteiger partial charge in [0.2, 0.25) is 0 Å². The highest BCUT2D eigenvalue weighted by Crippen LogP contribution is 2.23. The number of benzene rings is 3. The summed E-state index contributed by atoms with van der Waals surface area (Å²) in [5, 5.41) is 32.0. The number of hydrogen-bond donors (Lipinski definition) is 3. The first-order valence-electron chi connectivity index (χ1n) is 9.04. The standard InChI is InChI=1S/C22H17N5O3/c28-20-9-5-4-8-16(20)13-23-25-22(30)18-11-10-17(12-21(18)29)27-14-19(24-26-27)15-6-2-1-3-7-15/h1-14,28-29H,(H,25,30). The Labute approximate surface area is 171 Å². The van der Waals surface area contributed by atoms with Gasteiger partial charge in [0.1, 0.15) is 17.2 Å². The number of amides is 1. The third kappa shape index (κ3) is 4.02. The normalized spacial score (nSPS) is 10.9. The van der Waals surface area contributed by atoms with E-state index in [-0.39, 0.29) is 17.1 Å². The lowest BCUT2D eigenvalue weighted by atomic mass is 10.1. The largest absolute Gasteiger partial charge is 0.507 e. The molecule has 8 heteroatoms. The Balaban J connectivity index is 1.49. The number of phenolic OH excluding ortho intramolecular Hbond substituents is 2. The fourth-order valence-electron chi connectivity index (χ4n) is 2.80. The van der Waals surface area contributed by atoms with Crippen molar-refractivity contribution in [2.75, 3.05) is 0 Å². The summed E-state index contributed by atoms with van der Waals surface area (Å²) in [5.74, 6) is -0.765. The molecule has 0 aliphatic heterocycles. The second-order valence-electron chi connectivity index (χ2n) is 6.37. The van der Waals surface area contributed by atoms with E-state index in [0.717, 1.165) is 5.56 Å². The molecule has 0 saturated carbocycles. The molecule has 1 aromatic heterocycles. The molecule has 8 nitrogen and oxygen atoms in total. The van der Waals surface area contributed by atoms with Gasteiger partial charge < -0.3 is 10.2 Å². The topological polar surface area (TPSA) is 113 Å². The smallest absolute Gasteiger partial charge is 0.275 e. The average molecular weight is 399 g/mol. The maximum atomic E-state index is 12.3. The van der Waals surface area contributed by atoms with Gasteiger partial charge in [0.25, 0.3) is 5.91 Å². The lowest BCUT2D eigenvalue weighted by molar-refractivity contribution is 0.0952. The number of carbonyl (C=O) groups excluding carboxylic acids is 1. The van der Waals surface area contributed by atoms with Crippen LogP contribution < -0.4 is 5.43 Å². The zero-order valence-corrected chi connectivity index (χ0v) is 15.7. The fraction of sp³-hybridized carbons (Fsp3) is 0. The molecule has 1 amide bonds. The summed E-state index contributed by atoms with van der Waals surface area (Å²) in [6.07, 6.45) is 3.06. The van der Waals surface area contributed by atoms with Crippen LogP contribution in [-0.2, 0) is 0 Å². The number of aromatic nitrogens is 3. The third-order valence-electron chi connectivity index (χ3n) is 4.36. The lowest BCUT2D eigenvalue weighted by Gasteiger charge is -2.06. The molecule has 3 N–H and O–H groups in total. The summed E-state index contributed by atoms with van der Waals surface area (Å²) in [6, 6.07) is 20.7. The van der Waals surface area contributed by atoms with Gasteiger partial charge in [-0.2, -0.15) is 5.10 Å². The first-order chi connectivity index (χ1) is 14.6. The molecule has 0 bridgehead atoms. The molecule has 0 fully saturated rings. The molecule has 0 saturated heterocycles. The van der Waals surface area contributed by atoms with Gasteiger partial charge in [0, 0.05) is 17.2 Å². The molecule has 0 aliphatic carbocycles. The minimum absolute atomic E-state index is 0.0467. The van der Waals surface area contributed by atoms with Gasteiger partial charge >= 0.3 is 0 Å². The summed E-state index contributed by atoms with van der Waals surface area (Å²) in [4.78, 5) is 12.3. The Bertz CT molecular complexity index is 1220. The van der Waals surface area contributed by atoms with E-state index < -0.39 is 5.91 Å². The van der Waals surface area contributed by atoms with E-state index in [4.69, 9.17) is 0 Å². The fourth-order valence-corrected chi connectivity index (χ4v) is 2.80. The van der Waals surface area contributed by atoms with E-state index in [0.29, 0.717) is 16.9 Å². The first-order valence-corrected chi connectivity index (χ1v) is 9.04. The number of nitrogens with zero attached hydrogens (tertiary/aromatic N) is 4. The van der Waals surface area contributed by atoms with Crippen molar-refractivity contribution in [3.63, 3.8) is 0 Å². The van der Waals surface area contributed by atoms with Gasteiger partial charge in [0.05, 0.1) is 23.7 Å². The Hall–Kier alpha value is -4.46. The first kappa shape index (κ1) is 18.9. The Morgan fingerprint density at radius 3 is 2.50 bits per heavy atom. The third-order valence-corrected chi connectivity index (χ3v) is 4.36. The van der Waals surface area contributed by atoms with E-state index in [1.807, 2.05) is 30.3 Å². The van der Waals surface area contributed by atoms with Gasteiger partial charge in [0.15, 0.2) is 0 Å². The number of para-hydroxylation sites is 1. The zero-order chi connectivity index (χ0) is 20.9. The van der Waals surface area contributed by atoms with Gasteiger partial charge in [-0.1, -0.05) is 47.7 Å². The number of hydrazone groups is 1. The van der Waals surface area contributed by atoms with Crippen LogP contribution in [0, 0.1) is 0 Å². The highest BCUT2D eigenvalue weighted by Gasteiger charge is 2.13. The van der Waals surface area contributed by atoms with Crippen molar-refractivity contribution in [2.24, 2.45) is 5.10 Å². The van der Waals surface area contributed by atoms with Crippen LogP contribution in [0.15, 0.2) is 84.1 Å². The van der Waals surface area contributed by atoms with Crippen LogP contribution in [0.4, 0.5) is 0 Å². The zero-order valence-electron chi connectivity index (χ0n) is 15.7. The predicted molar refractivity (Wildman–Crippen MR) is 112 cm³/mol. The summed E-state index contributed by atoms with van der Waals surface area (Å²) in [7, 11) is 0. The van der Waals surface area contributed by atoms with Crippen LogP contribution in [-0.4, -0.2) is 37.3 Å². The Morgan fingerprint density at radius 1 is 0.967 bits per heavy atom. The number of phenols is 2. The summed E-state index contributed by atoms with van der Waals surface area (Å²) >= 11 is 0. The quantitative estimate of drug-likeness (QED) is 0.353. The summed E-state index contributed by atoms with van der Waals surface area (Å²) < 4.78 is 1.51. The molecule has 0 unspecified atom stereocenters. The van der Waals surface area contributed by atoms with E-state index in [9.17, 15) is 15.0 Å². The molecule has 4 rings (SSSR count). The number of hydrogen-bond acceptors (Lipinski definition) is 6. The number of rotatable bonds is 5. The minimum atomic E-state index is -0.589. The summed E-state index contributed by atoms with van der Waals surface area (Å²) in [6.45, 7) is 0. The number of nitrogens with one attached hydrogen (secondary N) is 1. The van der Waals surface area contributed by atoms with Gasteiger partial charge in [-0.25, -0.2) is 10.1 Å². The van der Waals surface area contributed by atoms with Crippen molar-refractivity contribution in [1.29, 1.82) is 0 Å². The molecule has 148 valence electrons. The molecule has 3 aromatic carbocycles.